The van der Waals surface area contributed by atoms with E-state index in [0.717, 1.165) is 22.8 Å². The second-order valence-electron chi connectivity index (χ2n) is 4.03. The lowest BCUT2D eigenvalue weighted by Gasteiger charge is -2.08. The highest BCUT2D eigenvalue weighted by atomic mass is 16.5. The molecular weight excluding hydrogens is 246 g/mol. The summed E-state index contributed by atoms with van der Waals surface area (Å²) in [5.74, 6) is -0.379. The maximum atomic E-state index is 10.6. The number of ether oxygens (including phenoxy) is 1. The minimum atomic E-state index is -0.994. The van der Waals surface area contributed by atoms with Crippen LogP contribution >= 0.6 is 0 Å². The average molecular weight is 259 g/mol. The van der Waals surface area contributed by atoms with E-state index in [4.69, 9.17) is 14.4 Å². The molecule has 0 saturated heterocycles. The van der Waals surface area contributed by atoms with Crippen LogP contribution in [0, 0.1) is 6.92 Å². The van der Waals surface area contributed by atoms with Crippen LogP contribution in [-0.2, 0) is 11.4 Å². The largest absolute Gasteiger partial charge is 0.488 e. The first-order valence-corrected chi connectivity index (χ1v) is 5.68. The summed E-state index contributed by atoms with van der Waals surface area (Å²) in [4.78, 5) is 10.6. The predicted molar refractivity (Wildman–Crippen MR) is 68.7 cm³/mol. The average Bonchev–Trinajstić information content (AvgIpc) is 2.88. The van der Waals surface area contributed by atoms with E-state index in [1.54, 1.807) is 6.20 Å². The Morgan fingerprint density at radius 3 is 3.05 bits per heavy atom. The van der Waals surface area contributed by atoms with Crippen molar-refractivity contribution < 1.29 is 19.2 Å². The summed E-state index contributed by atoms with van der Waals surface area (Å²) in [6.45, 7) is 2.25. The van der Waals surface area contributed by atoms with Crippen LogP contribution in [0.3, 0.4) is 0 Å². The molecule has 2 aromatic rings. The molecule has 1 heterocycles. The Bertz CT molecular complexity index is 587. The Morgan fingerprint density at radius 1 is 1.53 bits per heavy atom. The number of benzene rings is 1. The van der Waals surface area contributed by atoms with Crippen LogP contribution in [0.4, 0.5) is 0 Å². The van der Waals surface area contributed by atoms with Gasteiger partial charge in [-0.2, -0.15) is 0 Å². The second-order valence-corrected chi connectivity index (χ2v) is 4.03. The highest BCUT2D eigenvalue weighted by Gasteiger charge is 2.04. The molecule has 0 atom stereocenters. The zero-order chi connectivity index (χ0) is 13.7. The number of carboxylic acids is 1. The normalized spacial score (nSPS) is 10.8. The molecular formula is C14H13NO4. The van der Waals surface area contributed by atoms with Gasteiger partial charge in [-0.1, -0.05) is 16.8 Å². The lowest BCUT2D eigenvalue weighted by molar-refractivity contribution is -0.131. The minimum Gasteiger partial charge on any atom is -0.488 e. The molecule has 0 unspecified atom stereocenters. The molecule has 0 aliphatic carbocycles. The van der Waals surface area contributed by atoms with E-state index in [1.165, 1.54) is 12.3 Å². The number of carbonyl (C=O) groups is 1. The number of rotatable bonds is 5. The van der Waals surface area contributed by atoms with Crippen molar-refractivity contribution >= 4 is 12.0 Å². The van der Waals surface area contributed by atoms with Crippen LogP contribution in [0.15, 0.2) is 41.3 Å². The summed E-state index contributed by atoms with van der Waals surface area (Å²) < 4.78 is 10.3. The van der Waals surface area contributed by atoms with Crippen molar-refractivity contribution in [2.45, 2.75) is 13.5 Å². The van der Waals surface area contributed by atoms with Crippen molar-refractivity contribution in [3.05, 3.63) is 53.4 Å². The molecule has 5 heteroatoms. The zero-order valence-corrected chi connectivity index (χ0v) is 10.4. The van der Waals surface area contributed by atoms with Crippen LogP contribution in [-0.4, -0.2) is 16.2 Å². The van der Waals surface area contributed by atoms with Gasteiger partial charge < -0.3 is 14.4 Å². The monoisotopic (exact) mass is 259 g/mol. The Morgan fingerprint density at radius 2 is 2.37 bits per heavy atom. The van der Waals surface area contributed by atoms with Gasteiger partial charge in [0.25, 0.3) is 0 Å². The van der Waals surface area contributed by atoms with E-state index in [1.807, 2.05) is 25.1 Å². The fourth-order valence-electron chi connectivity index (χ4n) is 1.55. The Hall–Kier alpha value is -2.56. The third-order valence-corrected chi connectivity index (χ3v) is 2.45. The maximum Gasteiger partial charge on any atom is 0.328 e. The first-order valence-electron chi connectivity index (χ1n) is 5.68. The topological polar surface area (TPSA) is 72.6 Å². The van der Waals surface area contributed by atoms with Crippen molar-refractivity contribution in [3.63, 3.8) is 0 Å². The fraction of sp³-hybridized carbons (Fsp3) is 0.143. The van der Waals surface area contributed by atoms with Crippen LogP contribution in [0.25, 0.3) is 6.08 Å². The third kappa shape index (κ3) is 3.70. The van der Waals surface area contributed by atoms with Crippen LogP contribution in [0.5, 0.6) is 5.75 Å². The lowest BCUT2D eigenvalue weighted by Crippen LogP contribution is -1.96. The van der Waals surface area contributed by atoms with Crippen molar-refractivity contribution in [2.75, 3.05) is 0 Å². The van der Waals surface area contributed by atoms with Crippen molar-refractivity contribution in [3.8, 4) is 5.75 Å². The van der Waals surface area contributed by atoms with Gasteiger partial charge in [-0.25, -0.2) is 4.79 Å². The van der Waals surface area contributed by atoms with E-state index in [0.29, 0.717) is 12.4 Å². The number of aromatic nitrogens is 1. The summed E-state index contributed by atoms with van der Waals surface area (Å²) >= 11 is 0. The molecule has 0 amide bonds. The van der Waals surface area contributed by atoms with E-state index < -0.39 is 5.97 Å². The first kappa shape index (κ1) is 12.9. The molecule has 1 N–H and O–H groups in total. The molecule has 0 aliphatic rings. The van der Waals surface area contributed by atoms with Crippen LogP contribution in [0.2, 0.25) is 0 Å². The third-order valence-electron chi connectivity index (χ3n) is 2.45. The minimum absolute atomic E-state index is 0.320. The lowest BCUT2D eigenvalue weighted by atomic mass is 10.1. The van der Waals surface area contributed by atoms with Gasteiger partial charge in [0, 0.05) is 17.2 Å². The van der Waals surface area contributed by atoms with Gasteiger partial charge in [0.2, 0.25) is 0 Å². The standard InChI is InChI=1S/C14H13NO4/c1-10-2-4-13(12(6-10)3-5-14(16)17)18-8-11-7-15-19-9-11/h2-7,9H,8H2,1H3,(H,16,17)/b5-3+. The summed E-state index contributed by atoms with van der Waals surface area (Å²) in [5, 5.41) is 12.3. The molecule has 0 aliphatic heterocycles. The molecule has 5 nitrogen and oxygen atoms in total. The molecule has 0 spiro atoms. The van der Waals surface area contributed by atoms with Crippen LogP contribution < -0.4 is 4.74 Å². The van der Waals surface area contributed by atoms with Gasteiger partial charge in [-0.15, -0.1) is 0 Å². The smallest absolute Gasteiger partial charge is 0.328 e. The number of hydrogen-bond acceptors (Lipinski definition) is 4. The molecule has 0 fully saturated rings. The van der Waals surface area contributed by atoms with Gasteiger partial charge >= 0.3 is 5.97 Å². The van der Waals surface area contributed by atoms with Crippen molar-refractivity contribution in [2.24, 2.45) is 0 Å². The molecule has 2 rings (SSSR count). The predicted octanol–water partition coefficient (Wildman–Crippen LogP) is 2.66. The first-order chi connectivity index (χ1) is 9.15. The molecule has 1 aromatic heterocycles. The quantitative estimate of drug-likeness (QED) is 0.836. The number of hydrogen-bond donors (Lipinski definition) is 1. The molecule has 19 heavy (non-hydrogen) atoms. The Kier molecular flexibility index (Phi) is 3.97. The fourth-order valence-corrected chi connectivity index (χ4v) is 1.55. The summed E-state index contributed by atoms with van der Waals surface area (Å²) in [6, 6.07) is 5.58. The highest BCUT2D eigenvalue weighted by Crippen LogP contribution is 2.22. The van der Waals surface area contributed by atoms with E-state index in [9.17, 15) is 4.79 Å². The molecule has 0 radical (unpaired) electrons. The Labute approximate surface area is 110 Å². The summed E-state index contributed by atoms with van der Waals surface area (Å²) in [5.41, 5.74) is 2.56. The molecule has 1 aromatic carbocycles. The van der Waals surface area contributed by atoms with Gasteiger partial charge in [-0.3, -0.25) is 0 Å². The van der Waals surface area contributed by atoms with E-state index in [-0.39, 0.29) is 0 Å². The van der Waals surface area contributed by atoms with Gasteiger partial charge in [-0.05, 0) is 25.1 Å². The highest BCUT2D eigenvalue weighted by molar-refractivity contribution is 5.85. The Balaban J connectivity index is 2.16. The second kappa shape index (κ2) is 5.86. The van der Waals surface area contributed by atoms with Crippen molar-refractivity contribution in [1.29, 1.82) is 0 Å². The SMILES string of the molecule is Cc1ccc(OCc2cnoc2)c(/C=C/C(=O)O)c1. The number of aryl methyl sites for hydroxylation is 1. The van der Waals surface area contributed by atoms with Crippen molar-refractivity contribution in [1.82, 2.24) is 5.16 Å². The molecule has 0 saturated carbocycles. The molecule has 98 valence electrons. The van der Waals surface area contributed by atoms with Gasteiger partial charge in [0.1, 0.15) is 18.6 Å². The maximum absolute atomic E-state index is 10.6. The number of carboxylic acid groups (broad SMARTS) is 1. The van der Waals surface area contributed by atoms with Gasteiger partial charge in [0.05, 0.1) is 6.20 Å². The van der Waals surface area contributed by atoms with E-state index in [2.05, 4.69) is 5.16 Å². The molecule has 0 bridgehead atoms. The van der Waals surface area contributed by atoms with Gasteiger partial charge in [0.15, 0.2) is 0 Å². The number of nitrogens with zero attached hydrogens (tertiary/aromatic N) is 1. The summed E-state index contributed by atoms with van der Waals surface area (Å²) in [7, 11) is 0. The van der Waals surface area contributed by atoms with Crippen LogP contribution in [0.1, 0.15) is 16.7 Å². The summed E-state index contributed by atoms with van der Waals surface area (Å²) in [6.07, 6.45) is 5.67. The zero-order valence-electron chi connectivity index (χ0n) is 10.4. The number of aliphatic carboxylic acids is 1. The van der Waals surface area contributed by atoms with E-state index >= 15 is 0 Å².